The van der Waals surface area contributed by atoms with Gasteiger partial charge in [-0.3, -0.25) is 0 Å². The molecule has 162 valence electrons. The van der Waals surface area contributed by atoms with Gasteiger partial charge in [-0.05, 0) is 25.0 Å². The molecule has 1 aliphatic rings. The van der Waals surface area contributed by atoms with Gasteiger partial charge < -0.3 is 25.2 Å². The van der Waals surface area contributed by atoms with E-state index >= 15 is 0 Å². The van der Waals surface area contributed by atoms with Gasteiger partial charge in [0.2, 0.25) is 11.9 Å². The first-order chi connectivity index (χ1) is 14.2. The Morgan fingerprint density at radius 3 is 2.53 bits per heavy atom. The maximum atomic E-state index is 12.5. The summed E-state index contributed by atoms with van der Waals surface area (Å²) in [4.78, 5) is 29.1. The van der Waals surface area contributed by atoms with Crippen LogP contribution in [0.3, 0.4) is 0 Å². The van der Waals surface area contributed by atoms with Gasteiger partial charge in [-0.1, -0.05) is 12.1 Å². The molecular formula is C18H22F3N7O2. The minimum Gasteiger partial charge on any atom is -0.404 e. The monoisotopic (exact) mass is 425 g/mol. The van der Waals surface area contributed by atoms with Gasteiger partial charge in [-0.2, -0.15) is 15.0 Å². The highest BCUT2D eigenvalue weighted by molar-refractivity contribution is 5.90. The number of nitrogens with zero attached hydrogens (tertiary/aromatic N) is 5. The van der Waals surface area contributed by atoms with Crippen LogP contribution < -0.4 is 25.2 Å². The fourth-order valence-corrected chi connectivity index (χ4v) is 2.84. The third kappa shape index (κ3) is 5.84. The number of amides is 2. The number of aromatic nitrogens is 3. The van der Waals surface area contributed by atoms with E-state index in [0.717, 1.165) is 32.0 Å². The molecule has 3 rings (SSSR count). The van der Waals surface area contributed by atoms with Crippen molar-refractivity contribution < 1.29 is 22.7 Å². The summed E-state index contributed by atoms with van der Waals surface area (Å²) in [5.41, 5.74) is -0.116. The number of carbonyl (C=O) groups excluding carboxylic acids is 1. The van der Waals surface area contributed by atoms with Crippen molar-refractivity contribution in [3.63, 3.8) is 0 Å². The van der Waals surface area contributed by atoms with Crippen LogP contribution in [0.5, 0.6) is 5.75 Å². The molecule has 1 aromatic carbocycles. The number of nitrogens with one attached hydrogen (secondary N) is 2. The molecule has 9 nitrogen and oxygen atoms in total. The first-order valence-electron chi connectivity index (χ1n) is 9.28. The number of urea groups is 1. The molecule has 0 atom stereocenters. The van der Waals surface area contributed by atoms with Crippen LogP contribution in [0, 0.1) is 0 Å². The third-order valence-electron chi connectivity index (χ3n) is 4.22. The summed E-state index contributed by atoms with van der Waals surface area (Å²) >= 11 is 0. The lowest BCUT2D eigenvalue weighted by molar-refractivity contribution is -0.274. The number of ether oxygens (including phenoxy) is 1. The Hall–Kier alpha value is -3.31. The fourth-order valence-electron chi connectivity index (χ4n) is 2.84. The van der Waals surface area contributed by atoms with E-state index in [2.05, 4.69) is 30.3 Å². The molecule has 1 aliphatic heterocycles. The number of alkyl halides is 3. The summed E-state index contributed by atoms with van der Waals surface area (Å²) < 4.78 is 41.5. The molecule has 2 heterocycles. The minimum atomic E-state index is -4.87. The summed E-state index contributed by atoms with van der Waals surface area (Å²) in [7, 11) is 3.59. The molecule has 0 aliphatic carbocycles. The topological polar surface area (TPSA) is 95.5 Å². The van der Waals surface area contributed by atoms with Gasteiger partial charge in [0.05, 0.1) is 12.2 Å². The maximum Gasteiger partial charge on any atom is 0.573 e. The van der Waals surface area contributed by atoms with Crippen molar-refractivity contribution in [1.29, 1.82) is 0 Å². The first kappa shape index (κ1) is 21.4. The zero-order valence-corrected chi connectivity index (χ0v) is 16.5. The van der Waals surface area contributed by atoms with E-state index in [4.69, 9.17) is 0 Å². The molecule has 2 N–H and O–H groups in total. The standard InChI is InChI=1S/C18H22F3N7O2/c1-27(2)15-24-14(25-16(26-15)28-9-5-6-10-28)11-22-17(29)23-12-7-3-4-8-13(12)30-18(19,20)21/h3-4,7-8H,5-6,9-11H2,1-2H3,(H2,22,23,29). The average Bonchev–Trinajstić information content (AvgIpc) is 3.21. The smallest absolute Gasteiger partial charge is 0.404 e. The number of para-hydroxylation sites is 2. The zero-order valence-electron chi connectivity index (χ0n) is 16.5. The van der Waals surface area contributed by atoms with E-state index in [9.17, 15) is 18.0 Å². The predicted molar refractivity (Wildman–Crippen MR) is 105 cm³/mol. The Morgan fingerprint density at radius 1 is 1.17 bits per heavy atom. The van der Waals surface area contributed by atoms with Crippen LogP contribution in [0.15, 0.2) is 24.3 Å². The molecule has 1 saturated heterocycles. The van der Waals surface area contributed by atoms with Crippen molar-refractivity contribution in [2.45, 2.75) is 25.7 Å². The largest absolute Gasteiger partial charge is 0.573 e. The lowest BCUT2D eigenvalue weighted by atomic mass is 10.3. The summed E-state index contributed by atoms with van der Waals surface area (Å²) in [6.45, 7) is 1.67. The normalized spacial score (nSPS) is 13.8. The molecule has 2 amide bonds. The molecule has 1 fully saturated rings. The SMILES string of the molecule is CN(C)c1nc(CNC(=O)Nc2ccccc2OC(F)(F)F)nc(N2CCCC2)n1. The van der Waals surface area contributed by atoms with Crippen LogP contribution >= 0.6 is 0 Å². The Balaban J connectivity index is 1.68. The van der Waals surface area contributed by atoms with Gasteiger partial charge in [-0.15, -0.1) is 13.2 Å². The van der Waals surface area contributed by atoms with Gasteiger partial charge in [0, 0.05) is 27.2 Å². The van der Waals surface area contributed by atoms with Gasteiger partial charge in [0.25, 0.3) is 0 Å². The second-order valence-corrected chi connectivity index (χ2v) is 6.79. The van der Waals surface area contributed by atoms with Crippen LogP contribution in [0.4, 0.5) is 35.5 Å². The van der Waals surface area contributed by atoms with Crippen molar-refractivity contribution >= 4 is 23.6 Å². The van der Waals surface area contributed by atoms with Crippen LogP contribution in [-0.2, 0) is 6.54 Å². The number of anilines is 3. The highest BCUT2D eigenvalue weighted by Gasteiger charge is 2.32. The Kier molecular flexibility index (Phi) is 6.43. The second-order valence-electron chi connectivity index (χ2n) is 6.79. The van der Waals surface area contributed by atoms with E-state index in [-0.39, 0.29) is 12.2 Å². The maximum absolute atomic E-state index is 12.5. The van der Waals surface area contributed by atoms with Crippen LogP contribution in [0.25, 0.3) is 0 Å². The molecular weight excluding hydrogens is 403 g/mol. The van der Waals surface area contributed by atoms with E-state index in [1.807, 2.05) is 4.90 Å². The van der Waals surface area contributed by atoms with Gasteiger partial charge in [0.1, 0.15) is 0 Å². The third-order valence-corrected chi connectivity index (χ3v) is 4.22. The summed E-state index contributed by atoms with van der Waals surface area (Å²) in [6, 6.07) is 4.55. The average molecular weight is 425 g/mol. The Bertz CT molecular complexity index is 886. The Labute approximate surface area is 171 Å². The summed E-state index contributed by atoms with van der Waals surface area (Å²) in [5, 5.41) is 4.89. The van der Waals surface area contributed by atoms with Crippen molar-refractivity contribution in [3.05, 3.63) is 30.1 Å². The zero-order chi connectivity index (χ0) is 21.7. The van der Waals surface area contributed by atoms with Gasteiger partial charge >= 0.3 is 12.4 Å². The Morgan fingerprint density at radius 2 is 1.87 bits per heavy atom. The molecule has 0 saturated carbocycles. The lowest BCUT2D eigenvalue weighted by Crippen LogP contribution is -2.31. The number of rotatable bonds is 6. The molecule has 30 heavy (non-hydrogen) atoms. The first-order valence-corrected chi connectivity index (χ1v) is 9.28. The fraction of sp³-hybridized carbons (Fsp3) is 0.444. The number of hydrogen-bond donors (Lipinski definition) is 2. The molecule has 0 bridgehead atoms. The second kappa shape index (κ2) is 9.01. The number of hydrogen-bond acceptors (Lipinski definition) is 7. The van der Waals surface area contributed by atoms with Crippen molar-refractivity contribution in [1.82, 2.24) is 20.3 Å². The van der Waals surface area contributed by atoms with Crippen molar-refractivity contribution in [3.8, 4) is 5.75 Å². The minimum absolute atomic E-state index is 0.0294. The predicted octanol–water partition coefficient (Wildman–Crippen LogP) is 2.76. The number of benzene rings is 1. The molecule has 2 aromatic rings. The van der Waals surface area contributed by atoms with Crippen LogP contribution in [-0.4, -0.2) is 54.5 Å². The number of carbonyl (C=O) groups is 1. The number of halogens is 3. The molecule has 0 radical (unpaired) electrons. The molecule has 0 spiro atoms. The van der Waals surface area contributed by atoms with Crippen LogP contribution in [0.1, 0.15) is 18.7 Å². The van der Waals surface area contributed by atoms with E-state index in [1.165, 1.54) is 18.2 Å². The quantitative estimate of drug-likeness (QED) is 0.735. The van der Waals surface area contributed by atoms with E-state index in [1.54, 1.807) is 19.0 Å². The van der Waals surface area contributed by atoms with E-state index in [0.29, 0.717) is 17.7 Å². The summed E-state index contributed by atoms with van der Waals surface area (Å²) in [6.07, 6.45) is -2.76. The van der Waals surface area contributed by atoms with E-state index < -0.39 is 18.1 Å². The molecule has 1 aromatic heterocycles. The van der Waals surface area contributed by atoms with Crippen molar-refractivity contribution in [2.75, 3.05) is 42.3 Å². The van der Waals surface area contributed by atoms with Crippen molar-refractivity contribution in [2.24, 2.45) is 0 Å². The lowest BCUT2D eigenvalue weighted by Gasteiger charge is -2.19. The van der Waals surface area contributed by atoms with Gasteiger partial charge in [-0.25, -0.2) is 4.79 Å². The molecule has 12 heteroatoms. The molecule has 0 unspecified atom stereocenters. The summed E-state index contributed by atoms with van der Waals surface area (Å²) in [5.74, 6) is 0.817. The highest BCUT2D eigenvalue weighted by atomic mass is 19.4. The van der Waals surface area contributed by atoms with Gasteiger partial charge in [0.15, 0.2) is 11.6 Å². The highest BCUT2D eigenvalue weighted by Crippen LogP contribution is 2.29. The van der Waals surface area contributed by atoms with Crippen LogP contribution in [0.2, 0.25) is 0 Å².